The molecule has 1 N–H and O–H groups in total. The first kappa shape index (κ1) is 9.51. The molecule has 76 valence electrons. The summed E-state index contributed by atoms with van der Waals surface area (Å²) in [6.45, 7) is 5.90. The molecule has 0 aliphatic carbocycles. The number of nitrogens with one attached hydrogen (secondary N) is 1. The van der Waals surface area contributed by atoms with Crippen LogP contribution in [0.5, 0.6) is 0 Å². The van der Waals surface area contributed by atoms with E-state index in [-0.39, 0.29) is 17.2 Å². The van der Waals surface area contributed by atoms with Crippen LogP contribution in [0.25, 0.3) is 0 Å². The molecule has 2 heterocycles. The molecular weight excluding hydrogens is 202 g/mol. The number of fused-ring (bicyclic) bond motifs is 1. The van der Waals surface area contributed by atoms with E-state index in [1.807, 2.05) is 20.8 Å². The second-order valence-electron chi connectivity index (χ2n) is 3.49. The smallest absolute Gasteiger partial charge is 0.287 e. The minimum atomic E-state index is -0.0908. The first-order chi connectivity index (χ1) is 6.59. The number of anilines is 1. The third-order valence-electron chi connectivity index (χ3n) is 2.01. The number of nitrogens with zero attached hydrogens (tertiary/aromatic N) is 2. The molecular formula is C8H12N3O2S+. The van der Waals surface area contributed by atoms with Crippen LogP contribution in [0.2, 0.25) is 0 Å². The molecule has 0 saturated heterocycles. The lowest BCUT2D eigenvalue weighted by atomic mass is 10.4. The quantitative estimate of drug-likeness (QED) is 0.708. The number of aromatic nitrogens is 2. The third-order valence-corrected chi connectivity index (χ3v) is 3.17. The highest BCUT2D eigenvalue weighted by Gasteiger charge is 2.36. The molecule has 1 atom stereocenters. The zero-order valence-electron chi connectivity index (χ0n) is 8.27. The number of hydrogen-bond acceptors (Lipinski definition) is 4. The number of amides is 1. The Balaban J connectivity index is 2.40. The molecule has 0 spiro atoms. The topological polar surface area (TPSA) is 59.0 Å². The summed E-state index contributed by atoms with van der Waals surface area (Å²) in [5.41, 5.74) is 0. The van der Waals surface area contributed by atoms with Crippen molar-refractivity contribution < 1.29 is 14.0 Å². The van der Waals surface area contributed by atoms with Gasteiger partial charge in [-0.15, -0.1) is 0 Å². The van der Waals surface area contributed by atoms with Crippen LogP contribution in [0, 0.1) is 0 Å². The molecule has 1 aliphatic heterocycles. The number of rotatable bonds is 1. The Morgan fingerprint density at radius 1 is 1.64 bits per heavy atom. The summed E-state index contributed by atoms with van der Waals surface area (Å²) in [5, 5.41) is 7.35. The molecule has 6 heteroatoms. The maximum Gasteiger partial charge on any atom is 0.333 e. The predicted octanol–water partition coefficient (Wildman–Crippen LogP) is 0.976. The minimum Gasteiger partial charge on any atom is -0.287 e. The molecule has 1 aromatic rings. The Hall–Kier alpha value is -1.04. The summed E-state index contributed by atoms with van der Waals surface area (Å²) in [5.74, 6) is 0.432. The van der Waals surface area contributed by atoms with E-state index < -0.39 is 0 Å². The van der Waals surface area contributed by atoms with Crippen molar-refractivity contribution in [2.24, 2.45) is 0 Å². The van der Waals surface area contributed by atoms with E-state index in [4.69, 9.17) is 4.52 Å². The summed E-state index contributed by atoms with van der Waals surface area (Å²) >= 11 is 1.48. The first-order valence-corrected chi connectivity index (χ1v) is 5.36. The molecule has 0 saturated carbocycles. The molecule has 0 fully saturated rings. The average Bonchev–Trinajstić information content (AvgIpc) is 2.48. The van der Waals surface area contributed by atoms with Gasteiger partial charge in [0.25, 0.3) is 0 Å². The van der Waals surface area contributed by atoms with Crippen LogP contribution >= 0.6 is 11.8 Å². The first-order valence-electron chi connectivity index (χ1n) is 4.48. The van der Waals surface area contributed by atoms with Crippen molar-refractivity contribution in [1.29, 1.82) is 0 Å². The maximum atomic E-state index is 11.3. The van der Waals surface area contributed by atoms with E-state index in [2.05, 4.69) is 10.6 Å². The van der Waals surface area contributed by atoms with Gasteiger partial charge in [-0.3, -0.25) is 14.6 Å². The Morgan fingerprint density at radius 3 is 3.00 bits per heavy atom. The van der Waals surface area contributed by atoms with Gasteiger partial charge in [-0.25, -0.2) is 0 Å². The van der Waals surface area contributed by atoms with E-state index in [1.165, 1.54) is 11.8 Å². The summed E-state index contributed by atoms with van der Waals surface area (Å²) in [7, 11) is 0. The molecule has 2 rings (SSSR count). The largest absolute Gasteiger partial charge is 0.333 e. The van der Waals surface area contributed by atoms with Gasteiger partial charge < -0.3 is 0 Å². The van der Waals surface area contributed by atoms with Gasteiger partial charge in [0.15, 0.2) is 6.04 Å². The van der Waals surface area contributed by atoms with Gasteiger partial charge >= 0.3 is 10.9 Å². The highest BCUT2D eigenvalue weighted by Crippen LogP contribution is 2.32. The predicted molar refractivity (Wildman–Crippen MR) is 51.0 cm³/mol. The van der Waals surface area contributed by atoms with Crippen LogP contribution in [-0.4, -0.2) is 16.4 Å². The van der Waals surface area contributed by atoms with Crippen molar-refractivity contribution in [3.63, 3.8) is 0 Å². The van der Waals surface area contributed by atoms with Gasteiger partial charge in [-0.05, 0) is 23.4 Å². The van der Waals surface area contributed by atoms with Gasteiger partial charge in [0, 0.05) is 13.8 Å². The highest BCUT2D eigenvalue weighted by atomic mass is 32.2. The highest BCUT2D eigenvalue weighted by molar-refractivity contribution is 8.00. The number of thioether (sulfide) groups is 1. The second-order valence-corrected chi connectivity index (χ2v) is 4.82. The van der Waals surface area contributed by atoms with Crippen molar-refractivity contribution in [2.75, 3.05) is 5.32 Å². The van der Waals surface area contributed by atoms with E-state index in [0.717, 1.165) is 5.03 Å². The summed E-state index contributed by atoms with van der Waals surface area (Å²) in [6, 6.07) is 0.234. The van der Waals surface area contributed by atoms with Gasteiger partial charge in [0.2, 0.25) is 11.2 Å². The van der Waals surface area contributed by atoms with Crippen molar-refractivity contribution in [3.05, 3.63) is 0 Å². The SMILES string of the molecule is CC1Sc2c(on[n+]2C(C)C)NC1=O. The Kier molecular flexibility index (Phi) is 2.22. The molecule has 1 amide bonds. The zero-order chi connectivity index (χ0) is 10.3. The van der Waals surface area contributed by atoms with Crippen LogP contribution in [0.1, 0.15) is 26.8 Å². The summed E-state index contributed by atoms with van der Waals surface area (Å²) in [4.78, 5) is 11.3. The van der Waals surface area contributed by atoms with E-state index in [1.54, 1.807) is 4.68 Å². The molecule has 0 bridgehead atoms. The van der Waals surface area contributed by atoms with Gasteiger partial charge in [-0.1, -0.05) is 0 Å². The molecule has 0 radical (unpaired) electrons. The minimum absolute atomic E-state index is 0.0328. The van der Waals surface area contributed by atoms with E-state index in [0.29, 0.717) is 5.88 Å². The van der Waals surface area contributed by atoms with Crippen LogP contribution in [-0.2, 0) is 4.79 Å². The Bertz CT molecular complexity index is 375. The maximum absolute atomic E-state index is 11.3. The van der Waals surface area contributed by atoms with Crippen molar-refractivity contribution >= 4 is 23.6 Å². The monoisotopic (exact) mass is 214 g/mol. The van der Waals surface area contributed by atoms with Gasteiger partial charge in [0.1, 0.15) is 0 Å². The normalized spacial score (nSPS) is 20.9. The van der Waals surface area contributed by atoms with Crippen molar-refractivity contribution in [2.45, 2.75) is 37.1 Å². The van der Waals surface area contributed by atoms with Crippen molar-refractivity contribution in [1.82, 2.24) is 5.27 Å². The van der Waals surface area contributed by atoms with Crippen LogP contribution in [0.15, 0.2) is 9.55 Å². The molecule has 5 nitrogen and oxygen atoms in total. The molecule has 1 unspecified atom stereocenters. The third kappa shape index (κ3) is 1.39. The second kappa shape index (κ2) is 3.27. The van der Waals surface area contributed by atoms with Gasteiger partial charge in [-0.2, -0.15) is 0 Å². The Morgan fingerprint density at radius 2 is 2.36 bits per heavy atom. The average molecular weight is 214 g/mol. The molecule has 14 heavy (non-hydrogen) atoms. The number of carbonyl (C=O) groups is 1. The number of carbonyl (C=O) groups excluding carboxylic acids is 1. The zero-order valence-corrected chi connectivity index (χ0v) is 9.09. The lowest BCUT2D eigenvalue weighted by Crippen LogP contribution is -2.42. The standard InChI is InChI=1S/C8H11N3O2S/c1-4(2)11-8-7(13-10-11)9-6(12)5(3)14-8/h4-5H,1-3H3/p+1. The molecule has 1 aromatic heterocycles. The van der Waals surface area contributed by atoms with Crippen LogP contribution in [0.3, 0.4) is 0 Å². The Labute approximate surface area is 85.8 Å². The number of hydrogen-bond donors (Lipinski definition) is 1. The van der Waals surface area contributed by atoms with E-state index >= 15 is 0 Å². The lowest BCUT2D eigenvalue weighted by Gasteiger charge is -2.12. The van der Waals surface area contributed by atoms with Crippen LogP contribution < -0.4 is 10.00 Å². The molecule has 1 aliphatic rings. The fourth-order valence-corrected chi connectivity index (χ4v) is 2.26. The summed E-state index contributed by atoms with van der Waals surface area (Å²) < 4.78 is 6.80. The fourth-order valence-electron chi connectivity index (χ4n) is 1.21. The van der Waals surface area contributed by atoms with Crippen LogP contribution in [0.4, 0.5) is 5.88 Å². The van der Waals surface area contributed by atoms with Gasteiger partial charge in [0.05, 0.1) is 5.25 Å². The lowest BCUT2D eigenvalue weighted by molar-refractivity contribution is -0.809. The van der Waals surface area contributed by atoms with E-state index in [9.17, 15) is 4.79 Å². The fraction of sp³-hybridized carbons (Fsp3) is 0.625. The summed E-state index contributed by atoms with van der Waals surface area (Å²) in [6.07, 6.45) is 0. The molecule has 0 aromatic carbocycles. The van der Waals surface area contributed by atoms with Crippen molar-refractivity contribution in [3.8, 4) is 0 Å².